The summed E-state index contributed by atoms with van der Waals surface area (Å²) in [5.74, 6) is -1.26. The van der Waals surface area contributed by atoms with Gasteiger partial charge in [0.25, 0.3) is 5.56 Å². The Morgan fingerprint density at radius 3 is 2.62 bits per heavy atom. The molecular formula is C14H14N2O5. The predicted octanol–water partition coefficient (Wildman–Crippen LogP) is 0.570. The molecule has 2 aromatic rings. The maximum absolute atomic E-state index is 11.8. The lowest BCUT2D eigenvalue weighted by Gasteiger charge is -2.11. The number of hydrogen-bond acceptors (Lipinski definition) is 6. The van der Waals surface area contributed by atoms with E-state index >= 15 is 0 Å². The second-order valence-corrected chi connectivity index (χ2v) is 4.38. The fourth-order valence-corrected chi connectivity index (χ4v) is 1.90. The molecule has 21 heavy (non-hydrogen) atoms. The first-order valence-corrected chi connectivity index (χ1v) is 6.26. The number of benzene rings is 1. The molecule has 0 saturated carbocycles. The van der Waals surface area contributed by atoms with Crippen molar-refractivity contribution < 1.29 is 19.1 Å². The summed E-state index contributed by atoms with van der Waals surface area (Å²) in [5.41, 5.74) is 0.0536. The average molecular weight is 290 g/mol. The highest BCUT2D eigenvalue weighted by molar-refractivity contribution is 5.87. The molecule has 1 heterocycles. The van der Waals surface area contributed by atoms with E-state index in [2.05, 4.69) is 14.9 Å². The van der Waals surface area contributed by atoms with Crippen molar-refractivity contribution in [2.24, 2.45) is 0 Å². The lowest BCUT2D eigenvalue weighted by Crippen LogP contribution is -2.26. The summed E-state index contributed by atoms with van der Waals surface area (Å²) < 4.78 is 9.41. The summed E-state index contributed by atoms with van der Waals surface area (Å²) >= 11 is 0. The highest BCUT2D eigenvalue weighted by Crippen LogP contribution is 2.13. The molecule has 1 aromatic heterocycles. The maximum atomic E-state index is 11.8. The highest BCUT2D eigenvalue weighted by atomic mass is 16.6. The molecule has 0 radical (unpaired) electrons. The number of carbonyl (C=O) groups excluding carboxylic acids is 2. The van der Waals surface area contributed by atoms with Gasteiger partial charge < -0.3 is 9.47 Å². The lowest BCUT2D eigenvalue weighted by molar-refractivity contribution is -0.164. The topological polar surface area (TPSA) is 98.3 Å². The molecule has 0 amide bonds. The molecule has 0 bridgehead atoms. The van der Waals surface area contributed by atoms with Crippen LogP contribution in [0.1, 0.15) is 12.6 Å². The minimum Gasteiger partial charge on any atom is -0.466 e. The van der Waals surface area contributed by atoms with Crippen LogP contribution in [-0.2, 0) is 25.5 Å². The van der Waals surface area contributed by atoms with Crippen LogP contribution in [0.2, 0.25) is 0 Å². The van der Waals surface area contributed by atoms with Gasteiger partial charge in [0.15, 0.2) is 6.10 Å². The van der Waals surface area contributed by atoms with Crippen molar-refractivity contribution >= 4 is 22.7 Å². The molecule has 0 unspecified atom stereocenters. The Bertz CT molecular complexity index is 737. The molecule has 0 aliphatic heterocycles. The van der Waals surface area contributed by atoms with Crippen LogP contribution in [0.15, 0.2) is 29.1 Å². The van der Waals surface area contributed by atoms with Crippen molar-refractivity contribution in [3.05, 3.63) is 40.3 Å². The Morgan fingerprint density at radius 1 is 1.29 bits per heavy atom. The Kier molecular flexibility index (Phi) is 4.32. The van der Waals surface area contributed by atoms with Crippen LogP contribution >= 0.6 is 0 Å². The van der Waals surface area contributed by atoms with E-state index in [4.69, 9.17) is 4.74 Å². The minimum atomic E-state index is -0.989. The van der Waals surface area contributed by atoms with Gasteiger partial charge in [0.2, 0.25) is 0 Å². The number of nitrogens with one attached hydrogen (secondary N) is 1. The van der Waals surface area contributed by atoms with Gasteiger partial charge in [-0.1, -0.05) is 18.2 Å². The van der Waals surface area contributed by atoms with Gasteiger partial charge in [-0.05, 0) is 13.0 Å². The monoisotopic (exact) mass is 290 g/mol. The van der Waals surface area contributed by atoms with Crippen LogP contribution in [0.4, 0.5) is 0 Å². The SMILES string of the molecule is COC(=O)[C@@H](C)OC(=O)Cc1n[nH]c(=O)c2ccccc12. The van der Waals surface area contributed by atoms with Crippen LogP contribution in [0.25, 0.3) is 10.8 Å². The normalized spacial score (nSPS) is 11.9. The van der Waals surface area contributed by atoms with Gasteiger partial charge in [-0.25, -0.2) is 9.89 Å². The molecule has 1 atom stereocenters. The number of fused-ring (bicyclic) bond motifs is 1. The van der Waals surface area contributed by atoms with Gasteiger partial charge >= 0.3 is 11.9 Å². The molecule has 1 N–H and O–H groups in total. The van der Waals surface area contributed by atoms with Crippen LogP contribution in [0, 0.1) is 0 Å². The van der Waals surface area contributed by atoms with Crippen molar-refractivity contribution in [1.29, 1.82) is 0 Å². The molecule has 0 spiro atoms. The number of methoxy groups -OCH3 is 1. The Morgan fingerprint density at radius 2 is 1.95 bits per heavy atom. The first kappa shape index (κ1) is 14.7. The number of ether oxygens (including phenoxy) is 2. The molecule has 2 rings (SSSR count). The van der Waals surface area contributed by atoms with E-state index < -0.39 is 18.0 Å². The van der Waals surface area contributed by atoms with Gasteiger partial charge in [0, 0.05) is 5.39 Å². The van der Waals surface area contributed by atoms with Crippen LogP contribution in [0.5, 0.6) is 0 Å². The quantitative estimate of drug-likeness (QED) is 0.827. The summed E-state index contributed by atoms with van der Waals surface area (Å²) in [6.45, 7) is 1.42. The predicted molar refractivity (Wildman–Crippen MR) is 73.6 cm³/mol. The van der Waals surface area contributed by atoms with E-state index in [1.54, 1.807) is 24.3 Å². The Labute approximate surface area is 119 Å². The third-order valence-electron chi connectivity index (χ3n) is 2.93. The van der Waals surface area contributed by atoms with Gasteiger partial charge in [-0.2, -0.15) is 5.10 Å². The van der Waals surface area contributed by atoms with Crippen molar-refractivity contribution in [1.82, 2.24) is 10.2 Å². The number of aromatic nitrogens is 2. The first-order valence-electron chi connectivity index (χ1n) is 6.26. The van der Waals surface area contributed by atoms with Crippen LogP contribution in [0.3, 0.4) is 0 Å². The highest BCUT2D eigenvalue weighted by Gasteiger charge is 2.19. The summed E-state index contributed by atoms with van der Waals surface area (Å²) in [6.07, 6.45) is -1.14. The summed E-state index contributed by atoms with van der Waals surface area (Å²) in [7, 11) is 1.21. The van der Waals surface area contributed by atoms with Crippen LogP contribution in [-0.4, -0.2) is 35.3 Å². The van der Waals surface area contributed by atoms with Crippen molar-refractivity contribution in [2.45, 2.75) is 19.4 Å². The van der Waals surface area contributed by atoms with Gasteiger partial charge in [0.1, 0.15) is 0 Å². The zero-order valence-electron chi connectivity index (χ0n) is 11.6. The van der Waals surface area contributed by atoms with E-state index in [0.717, 1.165) is 0 Å². The zero-order chi connectivity index (χ0) is 15.4. The molecule has 110 valence electrons. The molecular weight excluding hydrogens is 276 g/mol. The number of rotatable bonds is 4. The maximum Gasteiger partial charge on any atom is 0.346 e. The molecule has 1 aromatic carbocycles. The number of nitrogens with zero attached hydrogens (tertiary/aromatic N) is 1. The lowest BCUT2D eigenvalue weighted by atomic mass is 10.1. The molecule has 7 nitrogen and oxygen atoms in total. The third-order valence-corrected chi connectivity index (χ3v) is 2.93. The molecule has 7 heteroatoms. The fraction of sp³-hybridized carbons (Fsp3) is 0.286. The number of carbonyl (C=O) groups is 2. The van der Waals surface area contributed by atoms with Crippen molar-refractivity contribution in [2.75, 3.05) is 7.11 Å². The Hall–Kier alpha value is -2.70. The largest absolute Gasteiger partial charge is 0.466 e. The summed E-state index contributed by atoms with van der Waals surface area (Å²) in [4.78, 5) is 34.6. The number of esters is 2. The molecule has 0 aliphatic rings. The van der Waals surface area contributed by atoms with E-state index in [1.165, 1.54) is 14.0 Å². The second-order valence-electron chi connectivity index (χ2n) is 4.38. The van der Waals surface area contributed by atoms with E-state index in [9.17, 15) is 14.4 Å². The van der Waals surface area contributed by atoms with E-state index in [1.807, 2.05) is 0 Å². The average Bonchev–Trinajstić information content (AvgIpc) is 2.49. The third kappa shape index (κ3) is 3.25. The number of H-pyrrole nitrogens is 1. The van der Waals surface area contributed by atoms with Crippen LogP contribution < -0.4 is 5.56 Å². The molecule has 0 aliphatic carbocycles. The van der Waals surface area contributed by atoms with E-state index in [-0.39, 0.29) is 12.0 Å². The first-order chi connectivity index (χ1) is 10.0. The smallest absolute Gasteiger partial charge is 0.346 e. The standard InChI is InChI=1S/C14H14N2O5/c1-8(14(19)20-2)21-12(17)7-11-9-5-3-4-6-10(9)13(18)16-15-11/h3-6,8H,7H2,1-2H3,(H,16,18)/t8-/m1/s1. The van der Waals surface area contributed by atoms with Gasteiger partial charge in [-0.3, -0.25) is 9.59 Å². The number of aromatic amines is 1. The molecule has 0 fully saturated rings. The summed E-state index contributed by atoms with van der Waals surface area (Å²) in [6, 6.07) is 6.81. The number of hydrogen-bond donors (Lipinski definition) is 1. The van der Waals surface area contributed by atoms with E-state index in [0.29, 0.717) is 16.5 Å². The molecule has 0 saturated heterocycles. The van der Waals surface area contributed by atoms with Gasteiger partial charge in [0.05, 0.1) is 24.6 Å². The minimum absolute atomic E-state index is 0.154. The van der Waals surface area contributed by atoms with Crippen molar-refractivity contribution in [3.8, 4) is 0 Å². The van der Waals surface area contributed by atoms with Gasteiger partial charge in [-0.15, -0.1) is 0 Å². The van der Waals surface area contributed by atoms with Crippen molar-refractivity contribution in [3.63, 3.8) is 0 Å². The fourth-order valence-electron chi connectivity index (χ4n) is 1.90. The zero-order valence-corrected chi connectivity index (χ0v) is 11.6. The summed E-state index contributed by atoms with van der Waals surface area (Å²) in [5, 5.41) is 7.21. The second kappa shape index (κ2) is 6.17. The Balaban J connectivity index is 2.21.